The van der Waals surface area contributed by atoms with Crippen molar-refractivity contribution in [3.8, 4) is 0 Å². The molecule has 0 bridgehead atoms. The Bertz CT molecular complexity index is 535. The second kappa shape index (κ2) is 8.22. The lowest BCUT2D eigenvalue weighted by Crippen LogP contribution is -2.16. The van der Waals surface area contributed by atoms with E-state index in [2.05, 4.69) is 5.32 Å². The number of benzene rings is 1. The van der Waals surface area contributed by atoms with Crippen LogP contribution in [0, 0.1) is 5.92 Å². The summed E-state index contributed by atoms with van der Waals surface area (Å²) in [6, 6.07) is 2.64. The van der Waals surface area contributed by atoms with Gasteiger partial charge in [-0.15, -0.1) is 0 Å². The van der Waals surface area contributed by atoms with E-state index in [1.54, 1.807) is 0 Å². The van der Waals surface area contributed by atoms with Crippen molar-refractivity contribution in [3.05, 3.63) is 27.7 Å². The van der Waals surface area contributed by atoms with Gasteiger partial charge in [-0.2, -0.15) is 0 Å². The predicted octanol–water partition coefficient (Wildman–Crippen LogP) is 3.40. The lowest BCUT2D eigenvalue weighted by Gasteiger charge is -2.13. The smallest absolute Gasteiger partial charge is 0.337 e. The van der Waals surface area contributed by atoms with E-state index >= 15 is 0 Å². The van der Waals surface area contributed by atoms with Crippen molar-refractivity contribution in [2.75, 3.05) is 11.9 Å². The van der Waals surface area contributed by atoms with Gasteiger partial charge in [-0.3, -0.25) is 4.79 Å². The molecule has 0 saturated heterocycles. The molecule has 1 atom stereocenters. The number of anilines is 1. The molecule has 1 aromatic rings. The standard InChI is InChI=1S/C14H18Cl2N2O3/c1-8(4-5-17)2-3-12(19)18-13-10(14(20)21)6-9(15)7-11(13)16/h6-8H,2-5,17H2,1H3,(H,18,19)(H,20,21). The molecule has 21 heavy (non-hydrogen) atoms. The summed E-state index contributed by atoms with van der Waals surface area (Å²) in [5.74, 6) is -1.16. The first kappa shape index (κ1) is 17.8. The molecule has 0 aliphatic carbocycles. The summed E-state index contributed by atoms with van der Waals surface area (Å²) in [7, 11) is 0. The fourth-order valence-electron chi connectivity index (χ4n) is 1.88. The SMILES string of the molecule is CC(CCN)CCC(=O)Nc1c(Cl)cc(Cl)cc1C(=O)O. The normalized spacial score (nSPS) is 12.0. The lowest BCUT2D eigenvalue weighted by molar-refractivity contribution is -0.116. The van der Waals surface area contributed by atoms with E-state index in [-0.39, 0.29) is 33.6 Å². The lowest BCUT2D eigenvalue weighted by atomic mass is 10.0. The molecule has 0 radical (unpaired) electrons. The summed E-state index contributed by atoms with van der Waals surface area (Å²) in [6.45, 7) is 2.59. The van der Waals surface area contributed by atoms with E-state index in [4.69, 9.17) is 34.0 Å². The number of nitrogens with one attached hydrogen (secondary N) is 1. The van der Waals surface area contributed by atoms with Crippen LogP contribution in [0.3, 0.4) is 0 Å². The minimum atomic E-state index is -1.20. The van der Waals surface area contributed by atoms with E-state index in [9.17, 15) is 9.59 Å². The van der Waals surface area contributed by atoms with Crippen molar-refractivity contribution in [1.29, 1.82) is 0 Å². The van der Waals surface area contributed by atoms with Gasteiger partial charge in [0.05, 0.1) is 16.3 Å². The maximum absolute atomic E-state index is 11.9. The molecule has 0 spiro atoms. The maximum atomic E-state index is 11.9. The van der Waals surface area contributed by atoms with Crippen molar-refractivity contribution in [3.63, 3.8) is 0 Å². The first-order valence-corrected chi connectivity index (χ1v) is 7.33. The molecule has 4 N–H and O–H groups in total. The highest BCUT2D eigenvalue weighted by molar-refractivity contribution is 6.37. The molecule has 0 fully saturated rings. The Balaban J connectivity index is 2.78. The Hall–Kier alpha value is -1.30. The summed E-state index contributed by atoms with van der Waals surface area (Å²) in [5.41, 5.74) is 5.40. The summed E-state index contributed by atoms with van der Waals surface area (Å²) < 4.78 is 0. The largest absolute Gasteiger partial charge is 0.478 e. The van der Waals surface area contributed by atoms with Gasteiger partial charge in [-0.05, 0) is 37.4 Å². The molecular weight excluding hydrogens is 315 g/mol. The molecule has 0 heterocycles. The van der Waals surface area contributed by atoms with Gasteiger partial charge in [-0.25, -0.2) is 4.79 Å². The highest BCUT2D eigenvalue weighted by Gasteiger charge is 2.17. The number of aromatic carboxylic acids is 1. The summed E-state index contributed by atoms with van der Waals surface area (Å²) in [4.78, 5) is 23.1. The zero-order chi connectivity index (χ0) is 16.0. The highest BCUT2D eigenvalue weighted by atomic mass is 35.5. The Morgan fingerprint density at radius 1 is 1.33 bits per heavy atom. The van der Waals surface area contributed by atoms with Gasteiger partial charge in [0.25, 0.3) is 0 Å². The van der Waals surface area contributed by atoms with Crippen LogP contribution < -0.4 is 11.1 Å². The molecule has 1 amide bonds. The number of amides is 1. The molecule has 116 valence electrons. The first-order valence-electron chi connectivity index (χ1n) is 6.57. The minimum Gasteiger partial charge on any atom is -0.478 e. The molecule has 0 saturated carbocycles. The van der Waals surface area contributed by atoms with Gasteiger partial charge in [0.2, 0.25) is 5.91 Å². The average Bonchev–Trinajstić information content (AvgIpc) is 2.39. The van der Waals surface area contributed by atoms with Gasteiger partial charge in [0, 0.05) is 11.4 Å². The number of rotatable bonds is 7. The van der Waals surface area contributed by atoms with E-state index in [0.717, 1.165) is 6.42 Å². The predicted molar refractivity (Wildman–Crippen MR) is 84.1 cm³/mol. The maximum Gasteiger partial charge on any atom is 0.337 e. The van der Waals surface area contributed by atoms with Crippen LogP contribution in [0.1, 0.15) is 36.5 Å². The second-order valence-corrected chi connectivity index (χ2v) is 5.73. The number of hydrogen-bond acceptors (Lipinski definition) is 3. The Morgan fingerprint density at radius 3 is 2.57 bits per heavy atom. The number of halogens is 2. The second-order valence-electron chi connectivity index (χ2n) is 4.88. The third-order valence-electron chi connectivity index (χ3n) is 3.07. The number of hydrogen-bond donors (Lipinski definition) is 3. The quantitative estimate of drug-likeness (QED) is 0.713. The molecule has 0 aliphatic heterocycles. The Labute approximate surface area is 133 Å². The van der Waals surface area contributed by atoms with Crippen molar-refractivity contribution in [1.82, 2.24) is 0 Å². The zero-order valence-corrected chi connectivity index (χ0v) is 13.2. The molecule has 7 heteroatoms. The molecule has 1 rings (SSSR count). The van der Waals surface area contributed by atoms with Crippen molar-refractivity contribution in [2.24, 2.45) is 11.7 Å². The van der Waals surface area contributed by atoms with Crippen molar-refractivity contribution in [2.45, 2.75) is 26.2 Å². The monoisotopic (exact) mass is 332 g/mol. The Morgan fingerprint density at radius 2 is 2.00 bits per heavy atom. The molecule has 1 unspecified atom stereocenters. The first-order chi connectivity index (χ1) is 9.85. The van der Waals surface area contributed by atoms with E-state index in [1.807, 2.05) is 6.92 Å². The summed E-state index contributed by atoms with van der Waals surface area (Å²) in [6.07, 6.45) is 1.80. The molecule has 0 aliphatic rings. The van der Waals surface area contributed by atoms with Crippen molar-refractivity contribution >= 4 is 40.8 Å². The van der Waals surface area contributed by atoms with Crippen LogP contribution in [-0.4, -0.2) is 23.5 Å². The Kier molecular flexibility index (Phi) is 6.95. The fraction of sp³-hybridized carbons (Fsp3) is 0.429. The topological polar surface area (TPSA) is 92.4 Å². The fourth-order valence-corrected chi connectivity index (χ4v) is 2.42. The average molecular weight is 333 g/mol. The van der Waals surface area contributed by atoms with Gasteiger partial charge in [0.1, 0.15) is 0 Å². The van der Waals surface area contributed by atoms with Crippen LogP contribution in [0.2, 0.25) is 10.0 Å². The number of carbonyl (C=O) groups excluding carboxylic acids is 1. The van der Waals surface area contributed by atoms with E-state index in [0.29, 0.717) is 18.9 Å². The van der Waals surface area contributed by atoms with E-state index < -0.39 is 5.97 Å². The van der Waals surface area contributed by atoms with Crippen LogP contribution in [0.15, 0.2) is 12.1 Å². The molecule has 5 nitrogen and oxygen atoms in total. The molecular formula is C14H18Cl2N2O3. The minimum absolute atomic E-state index is 0.0741. The van der Waals surface area contributed by atoms with Crippen molar-refractivity contribution < 1.29 is 14.7 Å². The van der Waals surface area contributed by atoms with Gasteiger partial charge < -0.3 is 16.2 Å². The molecule has 1 aromatic carbocycles. The third kappa shape index (κ3) is 5.53. The summed E-state index contributed by atoms with van der Waals surface area (Å²) >= 11 is 11.7. The van der Waals surface area contributed by atoms with Gasteiger partial charge >= 0.3 is 5.97 Å². The number of carboxylic acids is 1. The van der Waals surface area contributed by atoms with Crippen LogP contribution in [0.4, 0.5) is 5.69 Å². The number of carbonyl (C=O) groups is 2. The van der Waals surface area contributed by atoms with Crippen LogP contribution in [-0.2, 0) is 4.79 Å². The zero-order valence-electron chi connectivity index (χ0n) is 11.7. The van der Waals surface area contributed by atoms with Crippen LogP contribution in [0.5, 0.6) is 0 Å². The molecule has 0 aromatic heterocycles. The van der Waals surface area contributed by atoms with Gasteiger partial charge in [0.15, 0.2) is 0 Å². The third-order valence-corrected chi connectivity index (χ3v) is 3.59. The number of nitrogens with two attached hydrogens (primary N) is 1. The summed E-state index contributed by atoms with van der Waals surface area (Å²) in [5, 5.41) is 12.0. The van der Waals surface area contributed by atoms with E-state index in [1.165, 1.54) is 12.1 Å². The van der Waals surface area contributed by atoms with Crippen LogP contribution in [0.25, 0.3) is 0 Å². The number of carboxylic acid groups (broad SMARTS) is 1. The highest BCUT2D eigenvalue weighted by Crippen LogP contribution is 2.30. The van der Waals surface area contributed by atoms with Crippen LogP contribution >= 0.6 is 23.2 Å². The van der Waals surface area contributed by atoms with Gasteiger partial charge in [-0.1, -0.05) is 30.1 Å².